The van der Waals surface area contributed by atoms with E-state index in [2.05, 4.69) is 15.3 Å². The van der Waals surface area contributed by atoms with Crippen LogP contribution in [0.4, 0.5) is 0 Å². The standard InChI is InChI=1S/C11H15N3O2S/c15-17(16)11(3-1-2-4-11)10-13-6-8-5-12-7-9(8)14-10/h6,12H,1-5,7H2,(H,15,16)/p-1. The van der Waals surface area contributed by atoms with Gasteiger partial charge in [-0.15, -0.1) is 0 Å². The lowest BCUT2D eigenvalue weighted by Gasteiger charge is -2.29. The smallest absolute Gasteiger partial charge is 0.146 e. The van der Waals surface area contributed by atoms with E-state index in [-0.39, 0.29) is 0 Å². The van der Waals surface area contributed by atoms with Gasteiger partial charge in [0.1, 0.15) is 5.82 Å². The van der Waals surface area contributed by atoms with Crippen LogP contribution in [0.1, 0.15) is 42.8 Å². The number of hydrogen-bond donors (Lipinski definition) is 1. The lowest BCUT2D eigenvalue weighted by Crippen LogP contribution is -2.30. The van der Waals surface area contributed by atoms with Gasteiger partial charge in [-0.3, -0.25) is 4.21 Å². The van der Waals surface area contributed by atoms with Crippen molar-refractivity contribution < 1.29 is 8.76 Å². The molecule has 1 unspecified atom stereocenters. The molecule has 92 valence electrons. The Hall–Kier alpha value is -0.850. The lowest BCUT2D eigenvalue weighted by atomic mass is 10.1. The lowest BCUT2D eigenvalue weighted by molar-refractivity contribution is 0.464. The maximum Gasteiger partial charge on any atom is 0.146 e. The molecule has 1 saturated carbocycles. The van der Waals surface area contributed by atoms with Gasteiger partial charge in [0.15, 0.2) is 0 Å². The molecule has 6 heteroatoms. The van der Waals surface area contributed by atoms with Gasteiger partial charge in [-0.05, 0) is 23.9 Å². The molecular formula is C11H14N3O2S-. The number of rotatable bonds is 2. The van der Waals surface area contributed by atoms with Crippen LogP contribution in [0.5, 0.6) is 0 Å². The third-order valence-electron chi connectivity index (χ3n) is 3.70. The highest BCUT2D eigenvalue weighted by Crippen LogP contribution is 2.41. The summed E-state index contributed by atoms with van der Waals surface area (Å²) in [5, 5.41) is 3.19. The van der Waals surface area contributed by atoms with E-state index in [9.17, 15) is 8.76 Å². The molecule has 0 aromatic carbocycles. The van der Waals surface area contributed by atoms with Crippen LogP contribution in [0, 0.1) is 0 Å². The third kappa shape index (κ3) is 1.71. The minimum atomic E-state index is -2.14. The van der Waals surface area contributed by atoms with Gasteiger partial charge in [0.05, 0.1) is 10.4 Å². The molecule has 0 radical (unpaired) electrons. The predicted octanol–water partition coefficient (Wildman–Crippen LogP) is 0.728. The summed E-state index contributed by atoms with van der Waals surface area (Å²) in [5.74, 6) is 0.491. The van der Waals surface area contributed by atoms with Gasteiger partial charge in [0.25, 0.3) is 0 Å². The van der Waals surface area contributed by atoms with Crippen LogP contribution in [-0.2, 0) is 28.9 Å². The van der Waals surface area contributed by atoms with Crippen molar-refractivity contribution in [1.29, 1.82) is 0 Å². The van der Waals surface area contributed by atoms with E-state index in [0.29, 0.717) is 25.2 Å². The summed E-state index contributed by atoms with van der Waals surface area (Å²) in [6.07, 6.45) is 4.94. The van der Waals surface area contributed by atoms with E-state index in [0.717, 1.165) is 30.6 Å². The van der Waals surface area contributed by atoms with E-state index >= 15 is 0 Å². The Labute approximate surface area is 102 Å². The van der Waals surface area contributed by atoms with Gasteiger partial charge < -0.3 is 9.87 Å². The summed E-state index contributed by atoms with van der Waals surface area (Å²) >= 11 is -2.14. The molecule has 2 aliphatic rings. The molecular weight excluding hydrogens is 238 g/mol. The number of nitrogens with one attached hydrogen (secondary N) is 1. The molecule has 1 aliphatic heterocycles. The van der Waals surface area contributed by atoms with Crippen molar-refractivity contribution in [2.24, 2.45) is 0 Å². The van der Waals surface area contributed by atoms with Crippen molar-refractivity contribution in [3.8, 4) is 0 Å². The van der Waals surface area contributed by atoms with Crippen LogP contribution in [0.2, 0.25) is 0 Å². The molecule has 3 rings (SSSR count). The average Bonchev–Trinajstić information content (AvgIpc) is 2.97. The summed E-state index contributed by atoms with van der Waals surface area (Å²) in [6.45, 7) is 1.50. The second-order valence-electron chi connectivity index (χ2n) is 4.71. The molecule has 5 nitrogen and oxygen atoms in total. The summed E-state index contributed by atoms with van der Waals surface area (Å²) in [5.41, 5.74) is 2.03. The molecule has 0 amide bonds. The zero-order chi connectivity index (χ0) is 11.9. The number of nitrogens with zero attached hydrogens (tertiary/aromatic N) is 2. The number of fused-ring (bicyclic) bond motifs is 1. The average molecular weight is 252 g/mol. The van der Waals surface area contributed by atoms with Gasteiger partial charge in [-0.25, -0.2) is 9.97 Å². The first-order valence-electron chi connectivity index (χ1n) is 5.88. The Morgan fingerprint density at radius 1 is 1.35 bits per heavy atom. The molecule has 2 heterocycles. The Kier molecular flexibility index (Phi) is 2.72. The Bertz CT molecular complexity index is 472. The van der Waals surface area contributed by atoms with Crippen LogP contribution in [0.15, 0.2) is 6.20 Å². The zero-order valence-electron chi connectivity index (χ0n) is 9.44. The molecule has 1 aromatic rings. The number of aromatic nitrogens is 2. The fourth-order valence-corrected chi connectivity index (χ4v) is 3.56. The van der Waals surface area contributed by atoms with Crippen molar-refractivity contribution in [3.05, 3.63) is 23.3 Å². The van der Waals surface area contributed by atoms with E-state index in [4.69, 9.17) is 0 Å². The van der Waals surface area contributed by atoms with Gasteiger partial charge in [0, 0.05) is 24.8 Å². The predicted molar refractivity (Wildman–Crippen MR) is 61.6 cm³/mol. The van der Waals surface area contributed by atoms with Gasteiger partial charge in [-0.2, -0.15) is 0 Å². The SMILES string of the molecule is O=S([O-])C1(c2ncc3c(n2)CNC3)CCCC1. The maximum atomic E-state index is 11.5. The summed E-state index contributed by atoms with van der Waals surface area (Å²) in [7, 11) is 0. The highest BCUT2D eigenvalue weighted by molar-refractivity contribution is 7.80. The van der Waals surface area contributed by atoms with Crippen LogP contribution < -0.4 is 5.32 Å². The number of hydrogen-bond acceptors (Lipinski definition) is 5. The Morgan fingerprint density at radius 3 is 2.82 bits per heavy atom. The minimum Gasteiger partial charge on any atom is -0.772 e. The van der Waals surface area contributed by atoms with Crippen molar-refractivity contribution in [2.75, 3.05) is 0 Å². The second-order valence-corrected chi connectivity index (χ2v) is 5.96. The first kappa shape index (κ1) is 11.3. The normalized spacial score (nSPS) is 23.6. The first-order valence-corrected chi connectivity index (χ1v) is 6.95. The highest BCUT2D eigenvalue weighted by atomic mass is 32.2. The molecule has 17 heavy (non-hydrogen) atoms. The molecule has 1 aliphatic carbocycles. The largest absolute Gasteiger partial charge is 0.772 e. The van der Waals surface area contributed by atoms with Crippen LogP contribution in [0.3, 0.4) is 0 Å². The van der Waals surface area contributed by atoms with Gasteiger partial charge in [0.2, 0.25) is 0 Å². The van der Waals surface area contributed by atoms with Gasteiger partial charge in [-0.1, -0.05) is 12.8 Å². The Balaban J connectivity index is 2.05. The monoisotopic (exact) mass is 252 g/mol. The molecule has 0 saturated heterocycles. The van der Waals surface area contributed by atoms with Crippen LogP contribution >= 0.6 is 0 Å². The van der Waals surface area contributed by atoms with Gasteiger partial charge >= 0.3 is 0 Å². The molecule has 1 atom stereocenters. The summed E-state index contributed by atoms with van der Waals surface area (Å²) < 4.78 is 22.2. The maximum absolute atomic E-state index is 11.5. The minimum absolute atomic E-state index is 0.491. The zero-order valence-corrected chi connectivity index (χ0v) is 10.3. The quantitative estimate of drug-likeness (QED) is 0.785. The van der Waals surface area contributed by atoms with Crippen molar-refractivity contribution >= 4 is 11.1 Å². The fraction of sp³-hybridized carbons (Fsp3) is 0.636. The van der Waals surface area contributed by atoms with Crippen LogP contribution in [0.25, 0.3) is 0 Å². The third-order valence-corrected chi connectivity index (χ3v) is 4.93. The van der Waals surface area contributed by atoms with E-state index in [1.807, 2.05) is 0 Å². The van der Waals surface area contributed by atoms with E-state index in [1.165, 1.54) is 0 Å². The van der Waals surface area contributed by atoms with Crippen molar-refractivity contribution in [1.82, 2.24) is 15.3 Å². The van der Waals surface area contributed by atoms with Crippen LogP contribution in [-0.4, -0.2) is 18.7 Å². The second kappa shape index (κ2) is 4.12. The topological polar surface area (TPSA) is 77.9 Å². The van der Waals surface area contributed by atoms with Crippen molar-refractivity contribution in [2.45, 2.75) is 43.5 Å². The molecule has 1 N–H and O–H groups in total. The van der Waals surface area contributed by atoms with E-state index < -0.39 is 15.8 Å². The highest BCUT2D eigenvalue weighted by Gasteiger charge is 2.40. The molecule has 1 aromatic heterocycles. The fourth-order valence-electron chi connectivity index (χ4n) is 2.69. The summed E-state index contributed by atoms with van der Waals surface area (Å²) in [6, 6.07) is 0. The Morgan fingerprint density at radius 2 is 2.12 bits per heavy atom. The van der Waals surface area contributed by atoms with E-state index in [1.54, 1.807) is 6.20 Å². The first-order chi connectivity index (χ1) is 8.22. The molecule has 0 bridgehead atoms. The van der Waals surface area contributed by atoms with Crippen molar-refractivity contribution in [3.63, 3.8) is 0 Å². The molecule has 0 spiro atoms. The summed E-state index contributed by atoms with van der Waals surface area (Å²) in [4.78, 5) is 8.74. The molecule has 1 fully saturated rings.